The molecule has 1 aliphatic rings. The van der Waals surface area contributed by atoms with Crippen molar-refractivity contribution in [3.05, 3.63) is 0 Å². The molecule has 0 aromatic heterocycles. The molecule has 0 aliphatic carbocycles. The van der Waals surface area contributed by atoms with Crippen LogP contribution in [0.1, 0.15) is 19.8 Å². The number of likely N-dealkylation sites (tertiary alicyclic amines) is 1. The molecule has 1 fully saturated rings. The second-order valence-electron chi connectivity index (χ2n) is 3.36. The molecule has 1 aliphatic heterocycles. The average Bonchev–Trinajstić information content (AvgIpc) is 1.85. The van der Waals surface area contributed by atoms with Gasteiger partial charge in [-0.15, -0.1) is 0 Å². The summed E-state index contributed by atoms with van der Waals surface area (Å²) < 4.78 is 0. The van der Waals surface area contributed by atoms with Crippen LogP contribution in [-0.4, -0.2) is 34.7 Å². The van der Waals surface area contributed by atoms with E-state index in [1.807, 2.05) is 0 Å². The lowest BCUT2D eigenvalue weighted by Crippen LogP contribution is -2.50. The van der Waals surface area contributed by atoms with Gasteiger partial charge in [-0.2, -0.15) is 0 Å². The van der Waals surface area contributed by atoms with Crippen molar-refractivity contribution in [2.45, 2.75) is 25.4 Å². The first-order valence-electron chi connectivity index (χ1n) is 3.78. The van der Waals surface area contributed by atoms with E-state index in [-0.39, 0.29) is 0 Å². The van der Waals surface area contributed by atoms with Gasteiger partial charge in [0.05, 0.1) is 12.1 Å². The lowest BCUT2D eigenvalue weighted by molar-refractivity contribution is -0.00126. The second kappa shape index (κ2) is 2.70. The molecular formula is C7H14N2O2. The first-order chi connectivity index (χ1) is 5.01. The minimum absolute atomic E-state index is 0.363. The number of carbonyl (C=O) groups is 1. The fourth-order valence-electron chi connectivity index (χ4n) is 1.41. The van der Waals surface area contributed by atoms with Gasteiger partial charge in [-0.1, -0.05) is 0 Å². The molecule has 1 saturated heterocycles. The van der Waals surface area contributed by atoms with Crippen molar-refractivity contribution < 1.29 is 9.90 Å². The first kappa shape index (κ1) is 8.33. The highest BCUT2D eigenvalue weighted by Gasteiger charge is 2.29. The number of carbonyl (C=O) groups excluding carboxylic acids is 1. The van der Waals surface area contributed by atoms with E-state index in [0.717, 1.165) is 12.8 Å². The normalized spacial score (nSPS) is 32.0. The van der Waals surface area contributed by atoms with Gasteiger partial charge in [0.15, 0.2) is 0 Å². The van der Waals surface area contributed by atoms with E-state index in [9.17, 15) is 9.90 Å². The lowest BCUT2D eigenvalue weighted by Gasteiger charge is -2.35. The van der Waals surface area contributed by atoms with Gasteiger partial charge in [-0.3, -0.25) is 0 Å². The largest absolute Gasteiger partial charge is 0.388 e. The molecule has 0 aromatic carbocycles. The van der Waals surface area contributed by atoms with Gasteiger partial charge in [0.1, 0.15) is 0 Å². The van der Waals surface area contributed by atoms with Crippen LogP contribution in [-0.2, 0) is 0 Å². The van der Waals surface area contributed by atoms with Gasteiger partial charge in [0.2, 0.25) is 0 Å². The summed E-state index contributed by atoms with van der Waals surface area (Å²) >= 11 is 0. The Kier molecular flexibility index (Phi) is 2.04. The number of amides is 2. The molecule has 1 heterocycles. The number of primary amides is 1. The third-order valence-electron chi connectivity index (χ3n) is 1.99. The van der Waals surface area contributed by atoms with Crippen molar-refractivity contribution in [3.63, 3.8) is 0 Å². The predicted octanol–water partition coefficient (Wildman–Crippen LogP) is -0.0881. The van der Waals surface area contributed by atoms with Crippen LogP contribution in [0.2, 0.25) is 0 Å². The SMILES string of the molecule is CC1(O)CCCN(C(N)=O)C1. The maximum absolute atomic E-state index is 10.7. The van der Waals surface area contributed by atoms with E-state index in [2.05, 4.69) is 0 Å². The Labute approximate surface area is 66.0 Å². The van der Waals surface area contributed by atoms with E-state index in [4.69, 9.17) is 5.73 Å². The molecule has 1 atom stereocenters. The van der Waals surface area contributed by atoms with Crippen LogP contribution in [0.25, 0.3) is 0 Å². The molecule has 0 spiro atoms. The number of urea groups is 1. The third kappa shape index (κ3) is 2.08. The molecule has 0 bridgehead atoms. The molecule has 11 heavy (non-hydrogen) atoms. The number of hydrogen-bond acceptors (Lipinski definition) is 2. The Morgan fingerprint density at radius 3 is 2.73 bits per heavy atom. The molecule has 2 amide bonds. The van der Waals surface area contributed by atoms with E-state index in [0.29, 0.717) is 13.1 Å². The van der Waals surface area contributed by atoms with Gasteiger partial charge in [0, 0.05) is 6.54 Å². The molecule has 1 unspecified atom stereocenters. The summed E-state index contributed by atoms with van der Waals surface area (Å²) in [6.07, 6.45) is 1.58. The summed E-state index contributed by atoms with van der Waals surface area (Å²) in [5.74, 6) is 0. The van der Waals surface area contributed by atoms with Crippen LogP contribution in [0.15, 0.2) is 0 Å². The zero-order valence-corrected chi connectivity index (χ0v) is 6.71. The lowest BCUT2D eigenvalue weighted by atomic mass is 9.95. The van der Waals surface area contributed by atoms with Gasteiger partial charge >= 0.3 is 6.03 Å². The summed E-state index contributed by atoms with van der Waals surface area (Å²) in [7, 11) is 0. The van der Waals surface area contributed by atoms with Gasteiger partial charge in [-0.25, -0.2) is 4.79 Å². The third-order valence-corrected chi connectivity index (χ3v) is 1.99. The molecule has 4 heteroatoms. The summed E-state index contributed by atoms with van der Waals surface area (Å²) in [6, 6.07) is -0.440. The molecule has 64 valence electrons. The Morgan fingerprint density at radius 1 is 1.73 bits per heavy atom. The molecular weight excluding hydrogens is 144 g/mol. The quantitative estimate of drug-likeness (QED) is 0.517. The number of β-amino-alcohol motifs (C(OH)–C–C–N with tert-alkyl or cyclic N) is 1. The fraction of sp³-hybridized carbons (Fsp3) is 0.857. The van der Waals surface area contributed by atoms with Crippen molar-refractivity contribution >= 4 is 6.03 Å². The van der Waals surface area contributed by atoms with Gasteiger partial charge in [-0.05, 0) is 19.8 Å². The standard InChI is InChI=1S/C7H14N2O2/c1-7(11)3-2-4-9(5-7)6(8)10/h11H,2-5H2,1H3,(H2,8,10). The summed E-state index contributed by atoms with van der Waals surface area (Å²) in [6.45, 7) is 2.76. The number of piperidine rings is 1. The zero-order chi connectivity index (χ0) is 8.48. The number of hydrogen-bond donors (Lipinski definition) is 2. The maximum atomic E-state index is 10.7. The number of nitrogens with zero attached hydrogens (tertiary/aromatic N) is 1. The van der Waals surface area contributed by atoms with Crippen molar-refractivity contribution in [1.29, 1.82) is 0 Å². The number of aliphatic hydroxyl groups is 1. The van der Waals surface area contributed by atoms with E-state index < -0.39 is 11.6 Å². The van der Waals surface area contributed by atoms with Gasteiger partial charge in [0.25, 0.3) is 0 Å². The fourth-order valence-corrected chi connectivity index (χ4v) is 1.41. The van der Waals surface area contributed by atoms with Crippen LogP contribution in [0.5, 0.6) is 0 Å². The van der Waals surface area contributed by atoms with E-state index in [1.54, 1.807) is 6.92 Å². The molecule has 0 saturated carbocycles. The smallest absolute Gasteiger partial charge is 0.314 e. The van der Waals surface area contributed by atoms with Gasteiger partial charge < -0.3 is 15.7 Å². The molecule has 0 aromatic rings. The Balaban J connectivity index is 2.53. The zero-order valence-electron chi connectivity index (χ0n) is 6.71. The Hall–Kier alpha value is -0.770. The first-order valence-corrected chi connectivity index (χ1v) is 3.78. The summed E-state index contributed by atoms with van der Waals surface area (Å²) in [5, 5.41) is 9.54. The Bertz CT molecular complexity index is 168. The monoisotopic (exact) mass is 158 g/mol. The van der Waals surface area contributed by atoms with E-state index in [1.165, 1.54) is 4.90 Å². The van der Waals surface area contributed by atoms with Crippen molar-refractivity contribution in [3.8, 4) is 0 Å². The van der Waals surface area contributed by atoms with Crippen LogP contribution in [0.3, 0.4) is 0 Å². The van der Waals surface area contributed by atoms with Crippen LogP contribution >= 0.6 is 0 Å². The molecule has 4 nitrogen and oxygen atoms in total. The van der Waals surface area contributed by atoms with E-state index >= 15 is 0 Å². The average molecular weight is 158 g/mol. The number of nitrogens with two attached hydrogens (primary N) is 1. The van der Waals surface area contributed by atoms with Crippen LogP contribution in [0, 0.1) is 0 Å². The Morgan fingerprint density at radius 2 is 2.36 bits per heavy atom. The summed E-state index contributed by atoms with van der Waals surface area (Å²) in [5.41, 5.74) is 4.32. The molecule has 1 rings (SSSR count). The highest BCUT2D eigenvalue weighted by molar-refractivity contribution is 5.72. The highest BCUT2D eigenvalue weighted by Crippen LogP contribution is 2.19. The van der Waals surface area contributed by atoms with Crippen molar-refractivity contribution in [1.82, 2.24) is 4.90 Å². The van der Waals surface area contributed by atoms with Crippen molar-refractivity contribution in [2.75, 3.05) is 13.1 Å². The minimum atomic E-state index is -0.743. The molecule has 3 N–H and O–H groups in total. The van der Waals surface area contributed by atoms with Crippen molar-refractivity contribution in [2.24, 2.45) is 5.73 Å². The second-order valence-corrected chi connectivity index (χ2v) is 3.36. The highest BCUT2D eigenvalue weighted by atomic mass is 16.3. The maximum Gasteiger partial charge on any atom is 0.314 e. The number of rotatable bonds is 0. The molecule has 0 radical (unpaired) electrons. The predicted molar refractivity (Wildman–Crippen MR) is 41.0 cm³/mol. The van der Waals surface area contributed by atoms with Crippen LogP contribution < -0.4 is 5.73 Å². The van der Waals surface area contributed by atoms with Crippen LogP contribution in [0.4, 0.5) is 4.79 Å². The topological polar surface area (TPSA) is 66.6 Å². The summed E-state index contributed by atoms with van der Waals surface area (Å²) in [4.78, 5) is 12.2. The minimum Gasteiger partial charge on any atom is -0.388 e.